The molecule has 45 heavy (non-hydrogen) atoms. The van der Waals surface area contributed by atoms with E-state index in [1.165, 1.54) is 12.1 Å². The van der Waals surface area contributed by atoms with Crippen LogP contribution in [0.15, 0.2) is 29.2 Å². The number of nitrogens with zero attached hydrogens (tertiary/aromatic N) is 1. The summed E-state index contributed by atoms with van der Waals surface area (Å²) in [6.07, 6.45) is 5.83. The van der Waals surface area contributed by atoms with Gasteiger partial charge in [0.25, 0.3) is 0 Å². The highest BCUT2D eigenvalue weighted by molar-refractivity contribution is 8.45. The van der Waals surface area contributed by atoms with Crippen molar-refractivity contribution in [3.63, 3.8) is 0 Å². The summed E-state index contributed by atoms with van der Waals surface area (Å²) in [6.45, 7) is 17.0. The lowest BCUT2D eigenvalue weighted by Crippen LogP contribution is -2.44. The summed E-state index contributed by atoms with van der Waals surface area (Å²) in [5.74, 6) is 0.106. The van der Waals surface area contributed by atoms with Crippen molar-refractivity contribution < 1.29 is 33.3 Å². The highest BCUT2D eigenvalue weighted by atomic mass is 32.5. The number of hydrogen-bond acceptors (Lipinski definition) is 4. The van der Waals surface area contributed by atoms with E-state index in [0.717, 1.165) is 79.4 Å². The molecule has 0 radical (unpaired) electrons. The molecule has 3 heterocycles. The predicted octanol–water partition coefficient (Wildman–Crippen LogP) is 11.6. The lowest BCUT2D eigenvalue weighted by molar-refractivity contribution is -0.0580. The van der Waals surface area contributed by atoms with E-state index < -0.39 is 35.1 Å². The van der Waals surface area contributed by atoms with Gasteiger partial charge in [0.1, 0.15) is 11.0 Å². The van der Waals surface area contributed by atoms with Crippen molar-refractivity contribution in [1.29, 1.82) is 0 Å². The van der Waals surface area contributed by atoms with Crippen molar-refractivity contribution in [3.8, 4) is 0 Å². The number of rotatable bonds is 5. The van der Waals surface area contributed by atoms with Gasteiger partial charge in [-0.2, -0.15) is 0 Å². The Balaban J connectivity index is 1.59. The van der Waals surface area contributed by atoms with Gasteiger partial charge in [-0.15, -0.1) is 0 Å². The van der Waals surface area contributed by atoms with Gasteiger partial charge in [0.2, 0.25) is 0 Å². The summed E-state index contributed by atoms with van der Waals surface area (Å²) in [7, 11) is -12.1. The molecule has 2 atom stereocenters. The van der Waals surface area contributed by atoms with Gasteiger partial charge in [0, 0.05) is 36.0 Å². The van der Waals surface area contributed by atoms with E-state index in [4.69, 9.17) is 18.9 Å². The van der Waals surface area contributed by atoms with E-state index in [1.54, 1.807) is 0 Å². The first-order valence-corrected chi connectivity index (χ1v) is 21.2. The number of ether oxygens (including phenoxy) is 2. The topological polar surface area (TPSA) is 40.6 Å². The molecule has 1 saturated heterocycles. The van der Waals surface area contributed by atoms with E-state index in [1.807, 2.05) is 0 Å². The van der Waals surface area contributed by atoms with Gasteiger partial charge in [0.05, 0.1) is 17.4 Å². The second kappa shape index (κ2) is 10.00. The monoisotopic (exact) mass is 673 g/mol. The van der Waals surface area contributed by atoms with Crippen LogP contribution in [0.25, 0.3) is 0 Å². The number of pyridine rings is 1. The first-order chi connectivity index (χ1) is 20.5. The molecule has 1 saturated carbocycles. The van der Waals surface area contributed by atoms with Gasteiger partial charge in [-0.1, -0.05) is 79.0 Å². The number of benzene rings is 1. The average molecular weight is 674 g/mol. The summed E-state index contributed by atoms with van der Waals surface area (Å²) in [4.78, 5) is 3.58. The molecule has 4 aliphatic rings. The Kier molecular flexibility index (Phi) is 7.41. The zero-order valence-electron chi connectivity index (χ0n) is 27.6. The molecule has 0 amide bonds. The van der Waals surface area contributed by atoms with Crippen LogP contribution in [0.5, 0.6) is 0 Å². The lowest BCUT2D eigenvalue weighted by Gasteiger charge is -2.45. The van der Waals surface area contributed by atoms with Gasteiger partial charge >= 0.3 is 10.2 Å². The third-order valence-electron chi connectivity index (χ3n) is 11.0. The number of hydrogen-bond donors (Lipinski definition) is 0. The predicted molar refractivity (Wildman–Crippen MR) is 171 cm³/mol. The SMILES string of the molecule is CC1(C)Cc2nc(C3CCOCC3)c3c(c2C(O[Si](C)(C)C(C)(C)C)C1)C1(CCCC1)O[C@@H]3c1ccc(S(F)(F)(F)(F)F)cc1. The number of halogens is 5. The fourth-order valence-corrected chi connectivity index (χ4v) is 9.67. The molecule has 11 heteroatoms. The van der Waals surface area contributed by atoms with Gasteiger partial charge in [-0.25, -0.2) is 0 Å². The van der Waals surface area contributed by atoms with E-state index in [9.17, 15) is 19.4 Å². The smallest absolute Gasteiger partial charge is 0.310 e. The molecular weight excluding hydrogens is 626 g/mol. The van der Waals surface area contributed by atoms with Crippen LogP contribution < -0.4 is 0 Å². The lowest BCUT2D eigenvalue weighted by atomic mass is 9.70. The number of fused-ring (bicyclic) bond motifs is 4. The maximum absolute atomic E-state index is 13.7. The zero-order valence-corrected chi connectivity index (χ0v) is 29.4. The van der Waals surface area contributed by atoms with E-state index >= 15 is 0 Å². The summed E-state index contributed by atoms with van der Waals surface area (Å²) in [6, 6.07) is 3.39. The van der Waals surface area contributed by atoms with Crippen molar-refractivity contribution in [2.45, 2.75) is 133 Å². The highest BCUT2D eigenvalue weighted by Gasteiger charge is 2.65. The van der Waals surface area contributed by atoms with Crippen molar-refractivity contribution in [1.82, 2.24) is 4.98 Å². The van der Waals surface area contributed by atoms with Crippen LogP contribution in [0.3, 0.4) is 0 Å². The minimum absolute atomic E-state index is 0.0118. The maximum atomic E-state index is 13.7. The largest absolute Gasteiger partial charge is 0.410 e. The maximum Gasteiger partial charge on any atom is 0.310 e. The summed E-state index contributed by atoms with van der Waals surface area (Å²) < 4.78 is 88.5. The van der Waals surface area contributed by atoms with Crippen LogP contribution in [0.2, 0.25) is 18.1 Å². The minimum atomic E-state index is -9.82. The molecule has 2 aliphatic heterocycles. The fraction of sp³-hybridized carbons (Fsp3) is 0.676. The summed E-state index contributed by atoms with van der Waals surface area (Å²) in [5, 5.41) is -0.0118. The number of aromatic nitrogens is 1. The zero-order chi connectivity index (χ0) is 32.9. The normalized spacial score (nSPS) is 26.8. The molecule has 1 aromatic heterocycles. The Morgan fingerprint density at radius 1 is 0.933 bits per heavy atom. The molecule has 0 bridgehead atoms. The molecular formula is C34H48F5NO3SSi. The Bertz CT molecular complexity index is 1480. The second-order valence-electron chi connectivity index (χ2n) is 16.2. The summed E-state index contributed by atoms with van der Waals surface area (Å²) >= 11 is 0. The average Bonchev–Trinajstić information content (AvgIpc) is 3.51. The van der Waals surface area contributed by atoms with Crippen LogP contribution in [-0.2, 0) is 25.9 Å². The Hall–Kier alpha value is -1.53. The third-order valence-corrected chi connectivity index (χ3v) is 16.7. The van der Waals surface area contributed by atoms with E-state index in [-0.39, 0.29) is 22.5 Å². The first-order valence-electron chi connectivity index (χ1n) is 16.3. The molecule has 1 unspecified atom stereocenters. The van der Waals surface area contributed by atoms with Crippen molar-refractivity contribution in [2.24, 2.45) is 5.41 Å². The molecule has 6 rings (SSSR count). The fourth-order valence-electron chi connectivity index (χ4n) is 7.76. The Morgan fingerprint density at radius 2 is 1.53 bits per heavy atom. The van der Waals surface area contributed by atoms with Gasteiger partial charge in [0.15, 0.2) is 8.32 Å². The molecule has 2 aromatic rings. The Labute approximate surface area is 265 Å². The van der Waals surface area contributed by atoms with E-state index in [0.29, 0.717) is 30.9 Å². The van der Waals surface area contributed by atoms with Gasteiger partial charge in [-0.05, 0) is 85.3 Å². The standard InChI is InChI=1S/C34H48F5NO3SSi/c1-32(2,3)45(6,7)43-26-21-33(4,5)20-25-27(26)29-28(30(40-25)22-14-18-41-19-15-22)31(42-34(29)16-8-9-17-34)23-10-12-24(13-11-23)44(35,36,37,38)39/h10-13,22,26,31H,8-9,14-21H2,1-7H3/t26?,31-/m1/s1. The van der Waals surface area contributed by atoms with Crippen molar-refractivity contribution in [2.75, 3.05) is 13.2 Å². The van der Waals surface area contributed by atoms with Crippen LogP contribution in [0, 0.1) is 5.41 Å². The quantitative estimate of drug-likeness (QED) is 0.234. The second-order valence-corrected chi connectivity index (χ2v) is 23.3. The molecule has 1 spiro atoms. The van der Waals surface area contributed by atoms with Crippen molar-refractivity contribution >= 4 is 18.5 Å². The van der Waals surface area contributed by atoms with Crippen LogP contribution in [0.1, 0.15) is 131 Å². The molecule has 2 fully saturated rings. The molecule has 2 aliphatic carbocycles. The minimum Gasteiger partial charge on any atom is -0.410 e. The van der Waals surface area contributed by atoms with E-state index in [2.05, 4.69) is 47.7 Å². The molecule has 0 N–H and O–H groups in total. The van der Waals surface area contributed by atoms with Gasteiger partial charge in [-0.3, -0.25) is 4.98 Å². The van der Waals surface area contributed by atoms with Crippen molar-refractivity contribution in [3.05, 3.63) is 57.9 Å². The summed E-state index contributed by atoms with van der Waals surface area (Å²) in [5.41, 5.74) is 4.90. The van der Waals surface area contributed by atoms with Gasteiger partial charge < -0.3 is 13.9 Å². The highest BCUT2D eigenvalue weighted by Crippen LogP contribution is 3.02. The van der Waals surface area contributed by atoms with Crippen LogP contribution in [-0.4, -0.2) is 26.5 Å². The first kappa shape index (κ1) is 33.4. The molecule has 252 valence electrons. The third kappa shape index (κ3) is 6.14. The molecule has 4 nitrogen and oxygen atoms in total. The Morgan fingerprint density at radius 3 is 2.09 bits per heavy atom. The molecule has 1 aromatic carbocycles. The van der Waals surface area contributed by atoms with Crippen LogP contribution >= 0.6 is 10.2 Å². The van der Waals surface area contributed by atoms with Crippen LogP contribution in [0.4, 0.5) is 19.4 Å².